The van der Waals surface area contributed by atoms with E-state index in [0.717, 1.165) is 4.31 Å². The molecule has 8 nitrogen and oxygen atoms in total. The van der Waals surface area contributed by atoms with Crippen LogP contribution in [0.5, 0.6) is 5.75 Å². The minimum absolute atomic E-state index is 0.0360. The number of carbonyl (C=O) groups excluding carboxylic acids is 2. The fourth-order valence-electron chi connectivity index (χ4n) is 2.96. The average molecular weight is 468 g/mol. The zero-order valence-electron chi connectivity index (χ0n) is 18.5. The lowest BCUT2D eigenvalue weighted by Gasteiger charge is -2.16. The van der Waals surface area contributed by atoms with Crippen molar-refractivity contribution in [2.24, 2.45) is 0 Å². The van der Waals surface area contributed by atoms with E-state index in [-0.39, 0.29) is 16.6 Å². The number of amides is 2. The van der Waals surface area contributed by atoms with Gasteiger partial charge in [-0.2, -0.15) is 0 Å². The first-order valence-electron chi connectivity index (χ1n) is 10.2. The number of benzene rings is 3. The van der Waals surface area contributed by atoms with E-state index in [9.17, 15) is 18.0 Å². The van der Waals surface area contributed by atoms with Gasteiger partial charge in [0.25, 0.3) is 11.8 Å². The Bertz CT molecular complexity index is 1240. The molecule has 0 saturated carbocycles. The molecule has 0 atom stereocenters. The minimum Gasteiger partial charge on any atom is -0.492 e. The first-order chi connectivity index (χ1) is 15.7. The molecule has 3 rings (SSSR count). The van der Waals surface area contributed by atoms with Crippen molar-refractivity contribution in [1.82, 2.24) is 4.31 Å². The number of nitrogens with one attached hydrogen (secondary N) is 2. The van der Waals surface area contributed by atoms with E-state index in [2.05, 4.69) is 10.6 Å². The summed E-state index contributed by atoms with van der Waals surface area (Å²) in [6.45, 7) is 2.06. The van der Waals surface area contributed by atoms with Crippen LogP contribution in [0.4, 0.5) is 11.4 Å². The van der Waals surface area contributed by atoms with Gasteiger partial charge in [0.2, 0.25) is 10.0 Å². The Morgan fingerprint density at radius 2 is 1.36 bits per heavy atom. The molecular weight excluding hydrogens is 442 g/mol. The fraction of sp³-hybridized carbons (Fsp3) is 0.167. The SMILES string of the molecule is CCOc1ccc(NC(=O)c2ccc(NC(=O)c3ccccc3)cc2)cc1S(=O)(=O)N(C)C. The lowest BCUT2D eigenvalue weighted by atomic mass is 10.1. The molecule has 9 heteroatoms. The summed E-state index contributed by atoms with van der Waals surface area (Å²) in [4.78, 5) is 24.9. The number of sulfonamides is 1. The van der Waals surface area contributed by atoms with Crippen LogP contribution in [0.2, 0.25) is 0 Å². The van der Waals surface area contributed by atoms with Crippen LogP contribution in [-0.4, -0.2) is 45.2 Å². The van der Waals surface area contributed by atoms with Gasteiger partial charge in [0.15, 0.2) is 0 Å². The predicted octanol–water partition coefficient (Wildman–Crippen LogP) is 3.84. The third kappa shape index (κ3) is 5.76. The van der Waals surface area contributed by atoms with Gasteiger partial charge in [-0.3, -0.25) is 9.59 Å². The Hall–Kier alpha value is -3.69. The highest BCUT2D eigenvalue weighted by atomic mass is 32.2. The first kappa shape index (κ1) is 24.0. The Morgan fingerprint density at radius 3 is 1.94 bits per heavy atom. The van der Waals surface area contributed by atoms with Crippen molar-refractivity contribution < 1.29 is 22.7 Å². The zero-order valence-corrected chi connectivity index (χ0v) is 19.3. The van der Waals surface area contributed by atoms with Crippen molar-refractivity contribution in [2.45, 2.75) is 11.8 Å². The molecule has 0 heterocycles. The highest BCUT2D eigenvalue weighted by Gasteiger charge is 2.23. The van der Waals surface area contributed by atoms with E-state index in [1.165, 1.54) is 26.2 Å². The van der Waals surface area contributed by atoms with E-state index in [4.69, 9.17) is 4.74 Å². The second-order valence-electron chi connectivity index (χ2n) is 7.23. The van der Waals surface area contributed by atoms with Crippen molar-refractivity contribution in [3.8, 4) is 5.75 Å². The Balaban J connectivity index is 1.75. The summed E-state index contributed by atoms with van der Waals surface area (Å²) in [5, 5.41) is 5.47. The maximum atomic E-state index is 12.7. The van der Waals surface area contributed by atoms with Crippen molar-refractivity contribution in [3.05, 3.63) is 83.9 Å². The minimum atomic E-state index is -3.78. The maximum absolute atomic E-state index is 12.7. The Kier molecular flexibility index (Phi) is 7.47. The van der Waals surface area contributed by atoms with Crippen molar-refractivity contribution >= 4 is 33.2 Å². The summed E-state index contributed by atoms with van der Waals surface area (Å²) in [6, 6.07) is 19.6. The first-order valence-corrected chi connectivity index (χ1v) is 11.6. The molecule has 0 spiro atoms. The van der Waals surface area contributed by atoms with Crippen molar-refractivity contribution in [2.75, 3.05) is 31.3 Å². The summed E-state index contributed by atoms with van der Waals surface area (Å²) >= 11 is 0. The molecule has 0 bridgehead atoms. The van der Waals surface area contributed by atoms with Gasteiger partial charge in [0.1, 0.15) is 10.6 Å². The highest BCUT2D eigenvalue weighted by molar-refractivity contribution is 7.89. The molecule has 0 fully saturated rings. The Morgan fingerprint density at radius 1 is 0.818 bits per heavy atom. The largest absolute Gasteiger partial charge is 0.492 e. The molecule has 0 aliphatic heterocycles. The standard InChI is InChI=1S/C24H25N3O5S/c1-4-32-21-15-14-20(16-22(21)33(30,31)27(2)3)26-24(29)18-10-12-19(13-11-18)25-23(28)17-8-6-5-7-9-17/h5-16H,4H2,1-3H3,(H,25,28)(H,26,29). The predicted molar refractivity (Wildman–Crippen MR) is 127 cm³/mol. The molecule has 2 N–H and O–H groups in total. The van der Waals surface area contributed by atoms with Gasteiger partial charge in [-0.25, -0.2) is 12.7 Å². The summed E-state index contributed by atoms with van der Waals surface area (Å²) < 4.78 is 31.8. The summed E-state index contributed by atoms with van der Waals surface area (Å²) in [6.07, 6.45) is 0. The molecule has 172 valence electrons. The normalized spacial score (nSPS) is 11.2. The number of nitrogens with zero attached hydrogens (tertiary/aromatic N) is 1. The molecule has 33 heavy (non-hydrogen) atoms. The topological polar surface area (TPSA) is 105 Å². The molecule has 2 amide bonds. The number of rotatable bonds is 8. The molecule has 0 radical (unpaired) electrons. The number of ether oxygens (including phenoxy) is 1. The van der Waals surface area contributed by atoms with Crippen LogP contribution >= 0.6 is 0 Å². The van der Waals surface area contributed by atoms with Crippen LogP contribution in [-0.2, 0) is 10.0 Å². The van der Waals surface area contributed by atoms with Crippen LogP contribution in [0.25, 0.3) is 0 Å². The summed E-state index contributed by atoms with van der Waals surface area (Å²) in [5.41, 5.74) is 1.73. The number of anilines is 2. The van der Waals surface area contributed by atoms with E-state index in [0.29, 0.717) is 29.1 Å². The number of hydrogen-bond acceptors (Lipinski definition) is 5. The van der Waals surface area contributed by atoms with E-state index >= 15 is 0 Å². The average Bonchev–Trinajstić information content (AvgIpc) is 2.81. The summed E-state index contributed by atoms with van der Waals surface area (Å²) in [7, 11) is -0.926. The van der Waals surface area contributed by atoms with Crippen LogP contribution in [0.1, 0.15) is 27.6 Å². The van der Waals surface area contributed by atoms with Gasteiger partial charge in [0, 0.05) is 36.6 Å². The maximum Gasteiger partial charge on any atom is 0.255 e. The molecule has 0 aromatic heterocycles. The van der Waals surface area contributed by atoms with Crippen molar-refractivity contribution in [1.29, 1.82) is 0 Å². The summed E-state index contributed by atoms with van der Waals surface area (Å²) in [5.74, 6) is -0.465. The third-order valence-electron chi connectivity index (χ3n) is 4.70. The van der Waals surface area contributed by atoms with E-state index in [1.807, 2.05) is 6.07 Å². The number of hydrogen-bond donors (Lipinski definition) is 2. The van der Waals surface area contributed by atoms with Crippen LogP contribution in [0.15, 0.2) is 77.7 Å². The zero-order chi connectivity index (χ0) is 24.0. The van der Waals surface area contributed by atoms with Gasteiger partial charge < -0.3 is 15.4 Å². The van der Waals surface area contributed by atoms with Crippen LogP contribution in [0, 0.1) is 0 Å². The van der Waals surface area contributed by atoms with Gasteiger partial charge in [0.05, 0.1) is 6.61 Å². The van der Waals surface area contributed by atoms with Gasteiger partial charge >= 0.3 is 0 Å². The molecule has 3 aromatic rings. The fourth-order valence-corrected chi connectivity index (χ4v) is 4.01. The van der Waals surface area contributed by atoms with E-state index < -0.39 is 15.9 Å². The van der Waals surface area contributed by atoms with Crippen LogP contribution < -0.4 is 15.4 Å². The number of carbonyl (C=O) groups is 2. The second-order valence-corrected chi connectivity index (χ2v) is 9.35. The van der Waals surface area contributed by atoms with Crippen LogP contribution in [0.3, 0.4) is 0 Å². The third-order valence-corrected chi connectivity index (χ3v) is 6.54. The molecule has 3 aromatic carbocycles. The van der Waals surface area contributed by atoms with Gasteiger partial charge in [-0.1, -0.05) is 18.2 Å². The lowest BCUT2D eigenvalue weighted by molar-refractivity contribution is 0.102. The monoisotopic (exact) mass is 467 g/mol. The molecular formula is C24H25N3O5S. The Labute approximate surface area is 193 Å². The quantitative estimate of drug-likeness (QED) is 0.524. The lowest BCUT2D eigenvalue weighted by Crippen LogP contribution is -2.23. The smallest absolute Gasteiger partial charge is 0.255 e. The van der Waals surface area contributed by atoms with Gasteiger partial charge in [-0.05, 0) is 61.5 Å². The van der Waals surface area contributed by atoms with Crippen molar-refractivity contribution in [3.63, 3.8) is 0 Å². The molecule has 0 saturated heterocycles. The molecule has 0 aliphatic carbocycles. The second kappa shape index (κ2) is 10.3. The molecule has 0 unspecified atom stereocenters. The highest BCUT2D eigenvalue weighted by Crippen LogP contribution is 2.29. The molecule has 0 aliphatic rings. The van der Waals surface area contributed by atoms with Gasteiger partial charge in [-0.15, -0.1) is 0 Å². The van der Waals surface area contributed by atoms with E-state index in [1.54, 1.807) is 61.5 Å².